The SMILES string of the molecule is CNCC1(CN(C)CCc2ccccn2)CCCOC1. The van der Waals surface area contributed by atoms with Gasteiger partial charge in [-0.15, -0.1) is 0 Å². The lowest BCUT2D eigenvalue weighted by molar-refractivity contribution is -0.0216. The van der Waals surface area contributed by atoms with Crippen molar-refractivity contribution >= 4 is 0 Å². The van der Waals surface area contributed by atoms with Gasteiger partial charge in [0.25, 0.3) is 0 Å². The molecule has 1 fully saturated rings. The summed E-state index contributed by atoms with van der Waals surface area (Å²) >= 11 is 0. The Bertz CT molecular complexity index is 371. The van der Waals surface area contributed by atoms with Crippen molar-refractivity contribution in [3.05, 3.63) is 30.1 Å². The summed E-state index contributed by atoms with van der Waals surface area (Å²) in [6.45, 7) is 4.95. The van der Waals surface area contributed by atoms with E-state index >= 15 is 0 Å². The molecule has 1 atom stereocenters. The lowest BCUT2D eigenvalue weighted by Gasteiger charge is -2.39. The maximum Gasteiger partial charge on any atom is 0.0546 e. The zero-order valence-electron chi connectivity index (χ0n) is 12.8. The van der Waals surface area contributed by atoms with Gasteiger partial charge in [0.15, 0.2) is 0 Å². The van der Waals surface area contributed by atoms with Crippen LogP contribution in [0.15, 0.2) is 24.4 Å². The van der Waals surface area contributed by atoms with Crippen molar-refractivity contribution in [2.75, 3.05) is 46.9 Å². The van der Waals surface area contributed by atoms with Crippen LogP contribution in [-0.4, -0.2) is 56.8 Å². The van der Waals surface area contributed by atoms with Gasteiger partial charge in [-0.25, -0.2) is 0 Å². The molecule has 20 heavy (non-hydrogen) atoms. The standard InChI is InChI=1S/C16H27N3O/c1-17-12-16(8-5-11-20-14-16)13-19(2)10-7-15-6-3-4-9-18-15/h3-4,6,9,17H,5,7-8,10-14H2,1-2H3. The van der Waals surface area contributed by atoms with Crippen LogP contribution in [0.1, 0.15) is 18.5 Å². The number of hydrogen-bond acceptors (Lipinski definition) is 4. The maximum atomic E-state index is 5.72. The highest BCUT2D eigenvalue weighted by atomic mass is 16.5. The fourth-order valence-corrected chi connectivity index (χ4v) is 3.11. The predicted molar refractivity (Wildman–Crippen MR) is 81.9 cm³/mol. The van der Waals surface area contributed by atoms with Crippen LogP contribution in [0.3, 0.4) is 0 Å². The third kappa shape index (κ3) is 4.54. The second kappa shape index (κ2) is 7.72. The van der Waals surface area contributed by atoms with Gasteiger partial charge in [0, 0.05) is 50.0 Å². The summed E-state index contributed by atoms with van der Waals surface area (Å²) in [6.07, 6.45) is 5.30. The van der Waals surface area contributed by atoms with E-state index in [-0.39, 0.29) is 5.41 Å². The van der Waals surface area contributed by atoms with E-state index in [1.807, 2.05) is 19.3 Å². The van der Waals surface area contributed by atoms with Crippen LogP contribution in [0.2, 0.25) is 0 Å². The highest BCUT2D eigenvalue weighted by Crippen LogP contribution is 2.28. The van der Waals surface area contributed by atoms with Gasteiger partial charge in [-0.1, -0.05) is 6.07 Å². The van der Waals surface area contributed by atoms with Gasteiger partial charge in [0.1, 0.15) is 0 Å². The van der Waals surface area contributed by atoms with Crippen molar-refractivity contribution in [2.24, 2.45) is 5.41 Å². The fourth-order valence-electron chi connectivity index (χ4n) is 3.11. The van der Waals surface area contributed by atoms with Gasteiger partial charge in [-0.2, -0.15) is 0 Å². The fraction of sp³-hybridized carbons (Fsp3) is 0.688. The molecule has 0 bridgehead atoms. The molecule has 1 aromatic heterocycles. The number of nitrogens with zero attached hydrogens (tertiary/aromatic N) is 2. The van der Waals surface area contributed by atoms with E-state index in [1.165, 1.54) is 18.5 Å². The zero-order chi connectivity index (χ0) is 14.3. The van der Waals surface area contributed by atoms with Gasteiger partial charge in [0.05, 0.1) is 6.61 Å². The van der Waals surface area contributed by atoms with Crippen LogP contribution in [0.4, 0.5) is 0 Å². The van der Waals surface area contributed by atoms with Gasteiger partial charge >= 0.3 is 0 Å². The summed E-state index contributed by atoms with van der Waals surface area (Å²) in [6, 6.07) is 6.12. The second-order valence-electron chi connectivity index (χ2n) is 6.00. The average molecular weight is 277 g/mol. The summed E-state index contributed by atoms with van der Waals surface area (Å²) in [4.78, 5) is 6.80. The molecule has 1 aliphatic rings. The van der Waals surface area contributed by atoms with Crippen LogP contribution in [0.25, 0.3) is 0 Å². The monoisotopic (exact) mass is 277 g/mol. The third-order valence-corrected chi connectivity index (χ3v) is 4.04. The summed E-state index contributed by atoms with van der Waals surface area (Å²) in [7, 11) is 4.24. The predicted octanol–water partition coefficient (Wildman–Crippen LogP) is 1.57. The Kier molecular flexibility index (Phi) is 5.95. The first-order chi connectivity index (χ1) is 9.74. The zero-order valence-corrected chi connectivity index (χ0v) is 12.8. The molecule has 112 valence electrons. The van der Waals surface area contributed by atoms with Crippen LogP contribution in [0, 0.1) is 5.41 Å². The van der Waals surface area contributed by atoms with E-state index in [0.29, 0.717) is 0 Å². The Labute approximate surface area is 122 Å². The Morgan fingerprint density at radius 2 is 2.35 bits per heavy atom. The minimum Gasteiger partial charge on any atom is -0.381 e. The lowest BCUT2D eigenvalue weighted by atomic mass is 9.82. The molecule has 4 nitrogen and oxygen atoms in total. The van der Waals surface area contributed by atoms with Crippen molar-refractivity contribution in [3.63, 3.8) is 0 Å². The van der Waals surface area contributed by atoms with E-state index < -0.39 is 0 Å². The Balaban J connectivity index is 1.83. The first-order valence-electron chi connectivity index (χ1n) is 7.55. The Hall–Kier alpha value is -0.970. The molecule has 0 aromatic carbocycles. The minimum absolute atomic E-state index is 0.270. The van der Waals surface area contributed by atoms with Crippen LogP contribution < -0.4 is 5.32 Å². The minimum atomic E-state index is 0.270. The molecule has 0 spiro atoms. The molecule has 0 amide bonds. The van der Waals surface area contributed by atoms with E-state index in [0.717, 1.165) is 39.3 Å². The van der Waals surface area contributed by atoms with Crippen molar-refractivity contribution < 1.29 is 4.74 Å². The number of pyridine rings is 1. The maximum absolute atomic E-state index is 5.72. The molecule has 1 unspecified atom stereocenters. The largest absolute Gasteiger partial charge is 0.381 e. The molecular weight excluding hydrogens is 250 g/mol. The Morgan fingerprint density at radius 3 is 3.00 bits per heavy atom. The molecule has 2 rings (SSSR count). The number of likely N-dealkylation sites (N-methyl/N-ethyl adjacent to an activating group) is 1. The number of aromatic nitrogens is 1. The second-order valence-corrected chi connectivity index (χ2v) is 6.00. The molecule has 1 aromatic rings. The summed E-state index contributed by atoms with van der Waals surface area (Å²) in [5, 5.41) is 3.34. The van der Waals surface area contributed by atoms with Gasteiger partial charge in [0.2, 0.25) is 0 Å². The molecule has 0 saturated carbocycles. The molecule has 2 heterocycles. The normalized spacial score (nSPS) is 23.1. The number of ether oxygens (including phenoxy) is 1. The number of hydrogen-bond donors (Lipinski definition) is 1. The lowest BCUT2D eigenvalue weighted by Crippen LogP contribution is -2.47. The average Bonchev–Trinajstić information content (AvgIpc) is 2.47. The van der Waals surface area contributed by atoms with Crippen LogP contribution >= 0.6 is 0 Å². The molecule has 0 radical (unpaired) electrons. The first kappa shape index (κ1) is 15.4. The van der Waals surface area contributed by atoms with Gasteiger partial charge in [-0.3, -0.25) is 4.98 Å². The van der Waals surface area contributed by atoms with Gasteiger partial charge in [-0.05, 0) is 39.1 Å². The molecule has 1 aliphatic heterocycles. The van der Waals surface area contributed by atoms with Crippen molar-refractivity contribution in [2.45, 2.75) is 19.3 Å². The smallest absolute Gasteiger partial charge is 0.0546 e. The number of rotatable bonds is 7. The van der Waals surface area contributed by atoms with Crippen LogP contribution in [0.5, 0.6) is 0 Å². The molecule has 0 aliphatic carbocycles. The topological polar surface area (TPSA) is 37.4 Å². The first-order valence-corrected chi connectivity index (χ1v) is 7.55. The third-order valence-electron chi connectivity index (χ3n) is 4.04. The quantitative estimate of drug-likeness (QED) is 0.821. The number of nitrogens with one attached hydrogen (secondary N) is 1. The van der Waals surface area contributed by atoms with E-state index in [4.69, 9.17) is 4.74 Å². The van der Waals surface area contributed by atoms with Crippen molar-refractivity contribution in [3.8, 4) is 0 Å². The van der Waals surface area contributed by atoms with Crippen LogP contribution in [-0.2, 0) is 11.2 Å². The summed E-state index contributed by atoms with van der Waals surface area (Å²) in [5.74, 6) is 0. The molecule has 4 heteroatoms. The van der Waals surface area contributed by atoms with E-state index in [9.17, 15) is 0 Å². The van der Waals surface area contributed by atoms with Crippen molar-refractivity contribution in [1.29, 1.82) is 0 Å². The molecule has 1 N–H and O–H groups in total. The highest BCUT2D eigenvalue weighted by Gasteiger charge is 2.33. The van der Waals surface area contributed by atoms with E-state index in [1.54, 1.807) is 0 Å². The van der Waals surface area contributed by atoms with Gasteiger partial charge < -0.3 is 15.0 Å². The Morgan fingerprint density at radius 1 is 1.45 bits per heavy atom. The van der Waals surface area contributed by atoms with Crippen molar-refractivity contribution in [1.82, 2.24) is 15.2 Å². The van der Waals surface area contributed by atoms with E-state index in [2.05, 4.69) is 34.4 Å². The molecule has 1 saturated heterocycles. The highest BCUT2D eigenvalue weighted by molar-refractivity contribution is 5.03. The molecular formula is C16H27N3O. The summed E-state index contributed by atoms with van der Waals surface area (Å²) in [5.41, 5.74) is 1.44. The summed E-state index contributed by atoms with van der Waals surface area (Å²) < 4.78 is 5.72.